The highest BCUT2D eigenvalue weighted by molar-refractivity contribution is 9.10. The molecule has 17 heavy (non-hydrogen) atoms. The van der Waals surface area contributed by atoms with Gasteiger partial charge in [-0.3, -0.25) is 0 Å². The number of thiophene rings is 1. The van der Waals surface area contributed by atoms with Gasteiger partial charge in [-0.15, -0.1) is 22.9 Å². The molecule has 0 saturated carbocycles. The van der Waals surface area contributed by atoms with Crippen LogP contribution in [0.3, 0.4) is 0 Å². The molecule has 0 spiro atoms. The molecule has 6 heteroatoms. The third-order valence-electron chi connectivity index (χ3n) is 2.15. The van der Waals surface area contributed by atoms with E-state index >= 15 is 0 Å². The van der Waals surface area contributed by atoms with E-state index in [1.54, 1.807) is 0 Å². The van der Waals surface area contributed by atoms with Gasteiger partial charge in [0.15, 0.2) is 0 Å². The fraction of sp³-hybridized carbons (Fsp3) is 0.0909. The van der Waals surface area contributed by atoms with Crippen LogP contribution in [0.2, 0.25) is 9.36 Å². The molecule has 2 aromatic rings. The summed E-state index contributed by atoms with van der Waals surface area (Å²) in [4.78, 5) is 0.962. The van der Waals surface area contributed by atoms with Gasteiger partial charge >= 0.3 is 0 Å². The zero-order chi connectivity index (χ0) is 12.6. The van der Waals surface area contributed by atoms with Crippen molar-refractivity contribution in [2.24, 2.45) is 0 Å². The van der Waals surface area contributed by atoms with Gasteiger partial charge < -0.3 is 0 Å². The molecule has 0 aliphatic heterocycles. The van der Waals surface area contributed by atoms with Gasteiger partial charge in [-0.1, -0.05) is 39.1 Å². The third kappa shape index (κ3) is 3.20. The van der Waals surface area contributed by atoms with E-state index in [0.717, 1.165) is 19.4 Å². The first-order valence-corrected chi connectivity index (χ1v) is 8.12. The lowest BCUT2D eigenvalue weighted by Crippen LogP contribution is -1.91. The summed E-state index contributed by atoms with van der Waals surface area (Å²) < 4.78 is 2.50. The lowest BCUT2D eigenvalue weighted by atomic mass is 10.1. The van der Waals surface area contributed by atoms with E-state index in [1.807, 2.05) is 24.3 Å². The Morgan fingerprint density at radius 1 is 1.12 bits per heavy atom. The van der Waals surface area contributed by atoms with Crippen LogP contribution in [-0.2, 0) is 0 Å². The van der Waals surface area contributed by atoms with Crippen molar-refractivity contribution >= 4 is 78.0 Å². The van der Waals surface area contributed by atoms with Gasteiger partial charge in [0.2, 0.25) is 0 Å². The average molecular weight is 435 g/mol. The average Bonchev–Trinajstić information content (AvgIpc) is 2.62. The highest BCUT2D eigenvalue weighted by Gasteiger charge is 2.18. The quantitative estimate of drug-likeness (QED) is 0.450. The minimum absolute atomic E-state index is 0.297. The number of alkyl halides is 1. The first-order chi connectivity index (χ1) is 7.99. The smallest absolute Gasteiger partial charge is 0.107 e. The Bertz CT molecular complexity index is 534. The van der Waals surface area contributed by atoms with Crippen molar-refractivity contribution in [3.05, 3.63) is 53.0 Å². The molecule has 0 fully saturated rings. The fourth-order valence-electron chi connectivity index (χ4n) is 1.35. The van der Waals surface area contributed by atoms with E-state index in [4.69, 9.17) is 34.8 Å². The van der Waals surface area contributed by atoms with Crippen molar-refractivity contribution in [2.45, 2.75) is 5.38 Å². The summed E-state index contributed by atoms with van der Waals surface area (Å²) in [5.41, 5.74) is 0.869. The minimum atomic E-state index is -0.297. The number of hydrogen-bond acceptors (Lipinski definition) is 1. The predicted molar refractivity (Wildman–Crippen MR) is 83.9 cm³/mol. The summed E-state index contributed by atoms with van der Waals surface area (Å²) in [6.07, 6.45) is 0. The number of halogens is 5. The largest absolute Gasteiger partial charge is 0.125 e. The molecule has 0 amide bonds. The van der Waals surface area contributed by atoms with Crippen LogP contribution in [0.5, 0.6) is 0 Å². The monoisotopic (exact) mass is 432 g/mol. The van der Waals surface area contributed by atoms with Crippen LogP contribution < -0.4 is 0 Å². The van der Waals surface area contributed by atoms with Crippen LogP contribution in [0.15, 0.2) is 33.2 Å². The summed E-state index contributed by atoms with van der Waals surface area (Å²) >= 11 is 26.8. The molecule has 1 atom stereocenters. The van der Waals surface area contributed by atoms with Crippen molar-refractivity contribution in [1.29, 1.82) is 0 Å². The highest BCUT2D eigenvalue weighted by atomic mass is 79.9. The molecule has 1 aromatic heterocycles. The van der Waals surface area contributed by atoms with Gasteiger partial charge in [0.05, 0.1) is 5.38 Å². The second kappa shape index (κ2) is 5.81. The molecule has 1 heterocycles. The maximum Gasteiger partial charge on any atom is 0.107 e. The number of benzene rings is 1. The highest BCUT2D eigenvalue weighted by Crippen LogP contribution is 2.42. The Morgan fingerprint density at radius 3 is 2.41 bits per heavy atom. The summed E-state index contributed by atoms with van der Waals surface area (Å²) in [5.74, 6) is 0. The zero-order valence-electron chi connectivity index (χ0n) is 8.18. The first kappa shape index (κ1) is 14.2. The fourth-order valence-corrected chi connectivity index (χ4v) is 4.12. The van der Waals surface area contributed by atoms with Gasteiger partial charge in [0.1, 0.15) is 4.34 Å². The molecule has 0 radical (unpaired) electrons. The van der Waals surface area contributed by atoms with Gasteiger partial charge in [-0.25, -0.2) is 0 Å². The number of rotatable bonds is 2. The predicted octanol–water partition coefficient (Wildman–Crippen LogP) is 6.91. The molecule has 0 aliphatic carbocycles. The molecule has 0 nitrogen and oxygen atoms in total. The summed E-state index contributed by atoms with van der Waals surface area (Å²) in [5, 5.41) is 0.350. The maximum absolute atomic E-state index is 6.42. The molecule has 0 saturated heterocycles. The van der Waals surface area contributed by atoms with Crippen LogP contribution >= 0.6 is 78.0 Å². The molecule has 1 unspecified atom stereocenters. The lowest BCUT2D eigenvalue weighted by Gasteiger charge is -2.10. The maximum atomic E-state index is 6.42. The Labute approximate surface area is 135 Å². The first-order valence-electron chi connectivity index (χ1n) is 4.53. The standard InChI is InChI=1S/C11H5Br2Cl3S/c12-5-1-2-8(14)6(3-5)10(15)9-4-7(13)11(16)17-9/h1-4,10H. The van der Waals surface area contributed by atoms with Gasteiger partial charge in [-0.2, -0.15) is 0 Å². The van der Waals surface area contributed by atoms with Crippen molar-refractivity contribution in [3.63, 3.8) is 0 Å². The molecule has 1 aromatic carbocycles. The molecule has 2 rings (SSSR count). The van der Waals surface area contributed by atoms with Crippen LogP contribution in [0.1, 0.15) is 15.8 Å². The molecule has 0 N–H and O–H groups in total. The van der Waals surface area contributed by atoms with E-state index in [0.29, 0.717) is 9.36 Å². The molecular formula is C11H5Br2Cl3S. The van der Waals surface area contributed by atoms with Crippen LogP contribution in [0.4, 0.5) is 0 Å². The Morgan fingerprint density at radius 2 is 1.82 bits per heavy atom. The topological polar surface area (TPSA) is 0 Å². The van der Waals surface area contributed by atoms with Crippen LogP contribution in [0.25, 0.3) is 0 Å². The lowest BCUT2D eigenvalue weighted by molar-refractivity contribution is 1.18. The molecule has 90 valence electrons. The van der Waals surface area contributed by atoms with Crippen molar-refractivity contribution in [1.82, 2.24) is 0 Å². The molecular weight excluding hydrogens is 430 g/mol. The zero-order valence-corrected chi connectivity index (χ0v) is 14.4. The molecule has 0 bridgehead atoms. The van der Waals surface area contributed by atoms with Crippen molar-refractivity contribution in [3.8, 4) is 0 Å². The van der Waals surface area contributed by atoms with Crippen LogP contribution in [0, 0.1) is 0 Å². The second-order valence-electron chi connectivity index (χ2n) is 3.30. The Balaban J connectivity index is 2.42. The minimum Gasteiger partial charge on any atom is -0.125 e. The Hall–Kier alpha value is 0.750. The molecule has 0 aliphatic rings. The van der Waals surface area contributed by atoms with E-state index in [1.165, 1.54) is 11.3 Å². The number of hydrogen-bond donors (Lipinski definition) is 0. The van der Waals surface area contributed by atoms with Crippen LogP contribution in [-0.4, -0.2) is 0 Å². The van der Waals surface area contributed by atoms with E-state index < -0.39 is 0 Å². The van der Waals surface area contributed by atoms with Crippen molar-refractivity contribution in [2.75, 3.05) is 0 Å². The Kier molecular flexibility index (Phi) is 4.84. The van der Waals surface area contributed by atoms with Gasteiger partial charge in [-0.05, 0) is 45.8 Å². The van der Waals surface area contributed by atoms with E-state index in [9.17, 15) is 0 Å². The normalized spacial score (nSPS) is 12.8. The van der Waals surface area contributed by atoms with Gasteiger partial charge in [0.25, 0.3) is 0 Å². The van der Waals surface area contributed by atoms with E-state index in [-0.39, 0.29) is 5.38 Å². The van der Waals surface area contributed by atoms with Crippen molar-refractivity contribution < 1.29 is 0 Å². The summed E-state index contributed by atoms with van der Waals surface area (Å²) in [6, 6.07) is 7.54. The summed E-state index contributed by atoms with van der Waals surface area (Å²) in [6.45, 7) is 0. The second-order valence-corrected chi connectivity index (χ2v) is 7.60. The van der Waals surface area contributed by atoms with Gasteiger partial charge in [0, 0.05) is 18.8 Å². The van der Waals surface area contributed by atoms with E-state index in [2.05, 4.69) is 31.9 Å². The SMILES string of the molecule is Clc1ccc(Br)cc1C(Cl)c1cc(Br)c(Cl)s1. The summed E-state index contributed by atoms with van der Waals surface area (Å²) in [7, 11) is 0. The third-order valence-corrected chi connectivity index (χ3v) is 6.12.